The average molecular weight is 260 g/mol. The minimum absolute atomic E-state index is 0.0800. The summed E-state index contributed by atoms with van der Waals surface area (Å²) in [5, 5.41) is 19.1. The quantitative estimate of drug-likeness (QED) is 0.648. The molecule has 17 heavy (non-hydrogen) atoms. The van der Waals surface area contributed by atoms with Crippen molar-refractivity contribution in [3.8, 4) is 5.75 Å². The van der Waals surface area contributed by atoms with Gasteiger partial charge in [-0.1, -0.05) is 11.6 Å². The summed E-state index contributed by atoms with van der Waals surface area (Å²) in [5.74, 6) is -0.762. The van der Waals surface area contributed by atoms with Crippen molar-refractivity contribution in [1.29, 1.82) is 0 Å². The molecule has 0 spiro atoms. The predicted octanol–water partition coefficient (Wildman–Crippen LogP) is 2.49. The van der Waals surface area contributed by atoms with Gasteiger partial charge in [0.15, 0.2) is 0 Å². The van der Waals surface area contributed by atoms with Gasteiger partial charge >= 0.3 is 5.97 Å². The van der Waals surface area contributed by atoms with Crippen molar-refractivity contribution in [2.24, 2.45) is 0 Å². The monoisotopic (exact) mass is 259 g/mol. The molecule has 0 aliphatic heterocycles. The first-order valence-electron chi connectivity index (χ1n) is 4.72. The maximum Gasteiger partial charge on any atom is 0.307 e. The number of rotatable bonds is 5. The summed E-state index contributed by atoms with van der Waals surface area (Å²) in [5.41, 5.74) is -0.145. The van der Waals surface area contributed by atoms with Crippen molar-refractivity contribution in [3.63, 3.8) is 0 Å². The van der Waals surface area contributed by atoms with Crippen LogP contribution in [0.2, 0.25) is 5.02 Å². The summed E-state index contributed by atoms with van der Waals surface area (Å²) in [4.78, 5) is 20.3. The Labute approximate surface area is 102 Å². The van der Waals surface area contributed by atoms with Crippen LogP contribution in [-0.2, 0) is 4.79 Å². The summed E-state index contributed by atoms with van der Waals surface area (Å²) in [7, 11) is 0. The van der Waals surface area contributed by atoms with Gasteiger partial charge in [0, 0.05) is 12.1 Å². The van der Waals surface area contributed by atoms with Gasteiger partial charge in [0.1, 0.15) is 11.9 Å². The van der Waals surface area contributed by atoms with E-state index in [2.05, 4.69) is 0 Å². The Balaban J connectivity index is 2.79. The van der Waals surface area contributed by atoms with Gasteiger partial charge in [-0.3, -0.25) is 14.9 Å². The van der Waals surface area contributed by atoms with E-state index in [-0.39, 0.29) is 22.9 Å². The zero-order valence-electron chi connectivity index (χ0n) is 8.92. The Morgan fingerprint density at radius 2 is 2.29 bits per heavy atom. The summed E-state index contributed by atoms with van der Waals surface area (Å²) in [6, 6.07) is 3.75. The number of carbonyl (C=O) groups is 1. The van der Waals surface area contributed by atoms with Gasteiger partial charge in [-0.05, 0) is 13.0 Å². The molecule has 1 aromatic rings. The highest BCUT2D eigenvalue weighted by Gasteiger charge is 2.14. The number of hydrogen-bond acceptors (Lipinski definition) is 4. The molecule has 1 rings (SSSR count). The van der Waals surface area contributed by atoms with Crippen molar-refractivity contribution in [2.75, 3.05) is 0 Å². The molecule has 1 N–H and O–H groups in total. The molecule has 1 unspecified atom stereocenters. The number of carboxylic acids is 1. The Hall–Kier alpha value is -1.82. The third kappa shape index (κ3) is 3.92. The molecule has 7 heteroatoms. The molecule has 0 amide bonds. The van der Waals surface area contributed by atoms with Crippen LogP contribution in [0.4, 0.5) is 5.69 Å². The zero-order chi connectivity index (χ0) is 13.0. The van der Waals surface area contributed by atoms with E-state index in [1.165, 1.54) is 12.1 Å². The highest BCUT2D eigenvalue weighted by Crippen LogP contribution is 2.29. The first-order chi connectivity index (χ1) is 7.90. The molecule has 0 heterocycles. The molecule has 0 fully saturated rings. The number of nitro groups is 1. The molecule has 1 atom stereocenters. The smallest absolute Gasteiger partial charge is 0.307 e. The number of nitrogens with zero attached hydrogens (tertiary/aromatic N) is 1. The summed E-state index contributed by atoms with van der Waals surface area (Å²) in [6.07, 6.45) is -0.737. The summed E-state index contributed by atoms with van der Waals surface area (Å²) >= 11 is 5.78. The molecule has 92 valence electrons. The van der Waals surface area contributed by atoms with Crippen LogP contribution in [0.15, 0.2) is 18.2 Å². The highest BCUT2D eigenvalue weighted by molar-refractivity contribution is 6.32. The Morgan fingerprint density at radius 3 is 2.76 bits per heavy atom. The van der Waals surface area contributed by atoms with E-state index in [4.69, 9.17) is 21.4 Å². The van der Waals surface area contributed by atoms with Gasteiger partial charge < -0.3 is 9.84 Å². The van der Waals surface area contributed by atoms with Crippen LogP contribution < -0.4 is 4.74 Å². The Morgan fingerprint density at radius 1 is 1.65 bits per heavy atom. The fourth-order valence-electron chi connectivity index (χ4n) is 1.20. The molecule has 0 aliphatic rings. The molecule has 0 radical (unpaired) electrons. The lowest BCUT2D eigenvalue weighted by Gasteiger charge is -2.13. The van der Waals surface area contributed by atoms with Crippen LogP contribution in [0.3, 0.4) is 0 Å². The molecular weight excluding hydrogens is 250 g/mol. The Kier molecular flexibility index (Phi) is 4.28. The topological polar surface area (TPSA) is 89.7 Å². The van der Waals surface area contributed by atoms with Crippen LogP contribution in [0, 0.1) is 10.1 Å². The number of carboxylic acid groups (broad SMARTS) is 1. The molecule has 0 aliphatic carbocycles. The van der Waals surface area contributed by atoms with Crippen LogP contribution in [0.5, 0.6) is 5.75 Å². The number of benzene rings is 1. The summed E-state index contributed by atoms with van der Waals surface area (Å²) < 4.78 is 5.26. The van der Waals surface area contributed by atoms with E-state index in [9.17, 15) is 14.9 Å². The maximum atomic E-state index is 10.5. The van der Waals surface area contributed by atoms with Gasteiger partial charge in [0.05, 0.1) is 16.4 Å². The number of nitro benzene ring substituents is 1. The zero-order valence-corrected chi connectivity index (χ0v) is 9.68. The second kappa shape index (κ2) is 5.49. The van der Waals surface area contributed by atoms with E-state index in [1.807, 2.05) is 0 Å². The normalized spacial score (nSPS) is 11.9. The standard InChI is InChI=1S/C10H10ClNO5/c1-6(4-10(13)14)17-9-3-2-7(12(15)16)5-8(9)11/h2-3,5-6H,4H2,1H3,(H,13,14). The SMILES string of the molecule is CC(CC(=O)O)Oc1ccc([N+](=O)[O-])cc1Cl. The first-order valence-corrected chi connectivity index (χ1v) is 5.10. The number of aliphatic carboxylic acids is 1. The predicted molar refractivity (Wildman–Crippen MR) is 60.4 cm³/mol. The second-order valence-corrected chi connectivity index (χ2v) is 3.81. The van der Waals surface area contributed by atoms with Gasteiger partial charge in [0.25, 0.3) is 5.69 Å². The molecule has 0 aromatic heterocycles. The number of ether oxygens (including phenoxy) is 1. The van der Waals surface area contributed by atoms with Crippen LogP contribution in [-0.4, -0.2) is 22.1 Å². The number of hydrogen-bond donors (Lipinski definition) is 1. The van der Waals surface area contributed by atoms with E-state index in [0.29, 0.717) is 0 Å². The van der Waals surface area contributed by atoms with Crippen LogP contribution in [0.25, 0.3) is 0 Å². The lowest BCUT2D eigenvalue weighted by atomic mass is 10.2. The molecule has 0 saturated heterocycles. The van der Waals surface area contributed by atoms with Crippen molar-refractivity contribution in [2.45, 2.75) is 19.4 Å². The highest BCUT2D eigenvalue weighted by atomic mass is 35.5. The van der Waals surface area contributed by atoms with Crippen LogP contribution >= 0.6 is 11.6 Å². The number of halogens is 1. The number of non-ortho nitro benzene ring substituents is 1. The van der Waals surface area contributed by atoms with E-state index in [1.54, 1.807) is 6.92 Å². The van der Waals surface area contributed by atoms with Gasteiger partial charge in [0.2, 0.25) is 0 Å². The fourth-order valence-corrected chi connectivity index (χ4v) is 1.42. The molecular formula is C10H10ClNO5. The van der Waals surface area contributed by atoms with Crippen LogP contribution in [0.1, 0.15) is 13.3 Å². The summed E-state index contributed by atoms with van der Waals surface area (Å²) in [6.45, 7) is 1.58. The maximum absolute atomic E-state index is 10.5. The lowest BCUT2D eigenvalue weighted by molar-refractivity contribution is -0.384. The van der Waals surface area contributed by atoms with Gasteiger partial charge in [-0.15, -0.1) is 0 Å². The second-order valence-electron chi connectivity index (χ2n) is 3.40. The Bertz CT molecular complexity index is 448. The van der Waals surface area contributed by atoms with Crippen molar-refractivity contribution >= 4 is 23.3 Å². The average Bonchev–Trinajstić information content (AvgIpc) is 2.19. The third-order valence-corrected chi connectivity index (χ3v) is 2.21. The lowest BCUT2D eigenvalue weighted by Crippen LogP contribution is -2.16. The molecule has 0 saturated carbocycles. The van der Waals surface area contributed by atoms with E-state index < -0.39 is 17.0 Å². The van der Waals surface area contributed by atoms with Gasteiger partial charge in [-0.25, -0.2) is 0 Å². The first kappa shape index (κ1) is 13.2. The van der Waals surface area contributed by atoms with Crippen molar-refractivity contribution in [3.05, 3.63) is 33.3 Å². The fraction of sp³-hybridized carbons (Fsp3) is 0.300. The minimum Gasteiger partial charge on any atom is -0.489 e. The molecule has 0 bridgehead atoms. The van der Waals surface area contributed by atoms with Gasteiger partial charge in [-0.2, -0.15) is 0 Å². The van der Waals surface area contributed by atoms with E-state index in [0.717, 1.165) is 6.07 Å². The third-order valence-electron chi connectivity index (χ3n) is 1.92. The molecule has 6 nitrogen and oxygen atoms in total. The van der Waals surface area contributed by atoms with E-state index >= 15 is 0 Å². The minimum atomic E-state index is -0.990. The van der Waals surface area contributed by atoms with Crippen molar-refractivity contribution in [1.82, 2.24) is 0 Å². The van der Waals surface area contributed by atoms with Crippen molar-refractivity contribution < 1.29 is 19.6 Å². The molecule has 1 aromatic carbocycles. The largest absolute Gasteiger partial charge is 0.489 e.